The average molecular weight is 209 g/mol. The molecule has 0 aromatic carbocycles. The Hall–Kier alpha value is -1.28. The van der Waals surface area contributed by atoms with Crippen LogP contribution in [0, 0.1) is 11.3 Å². The number of hydrogen-bond acceptors (Lipinski definition) is 4. The molecule has 1 fully saturated rings. The Bertz CT molecular complexity index is 293. The third-order valence-electron chi connectivity index (χ3n) is 2.70. The zero-order valence-corrected chi connectivity index (χ0v) is 8.81. The average Bonchev–Trinajstić information content (AvgIpc) is 2.61. The molecule has 0 aliphatic carbocycles. The molecule has 2 atom stereocenters. The van der Waals surface area contributed by atoms with Crippen molar-refractivity contribution in [3.63, 3.8) is 0 Å². The van der Waals surface area contributed by atoms with E-state index >= 15 is 0 Å². The van der Waals surface area contributed by atoms with Crippen molar-refractivity contribution in [1.82, 2.24) is 5.32 Å². The molecule has 1 aliphatic heterocycles. The number of rotatable bonds is 5. The molecule has 1 saturated heterocycles. The molecule has 0 aromatic rings. The molecule has 0 aromatic heterocycles. The Morgan fingerprint density at radius 2 is 2.60 bits per heavy atom. The third-order valence-corrected chi connectivity index (χ3v) is 2.70. The van der Waals surface area contributed by atoms with E-state index in [0.29, 0.717) is 26.1 Å². The van der Waals surface area contributed by atoms with Gasteiger partial charge in [0, 0.05) is 24.5 Å². The number of nitrogens with zero attached hydrogens (tertiary/aromatic N) is 4. The van der Waals surface area contributed by atoms with Crippen LogP contribution >= 0.6 is 0 Å². The van der Waals surface area contributed by atoms with Gasteiger partial charge >= 0.3 is 0 Å². The van der Waals surface area contributed by atoms with E-state index in [0.717, 1.165) is 6.42 Å². The highest BCUT2D eigenvalue weighted by molar-refractivity contribution is 5.13. The summed E-state index contributed by atoms with van der Waals surface area (Å²) in [7, 11) is 0. The molecule has 1 heterocycles. The third kappa shape index (κ3) is 2.83. The molecule has 0 bridgehead atoms. The highest BCUT2D eigenvalue weighted by atomic mass is 16.5. The van der Waals surface area contributed by atoms with E-state index in [4.69, 9.17) is 15.5 Å². The molecule has 6 nitrogen and oxygen atoms in total. The van der Waals surface area contributed by atoms with E-state index in [1.807, 2.05) is 6.92 Å². The van der Waals surface area contributed by atoms with Crippen molar-refractivity contribution in [2.75, 3.05) is 19.7 Å². The molecule has 0 radical (unpaired) electrons. The molecule has 0 spiro atoms. The fraction of sp³-hybridized carbons (Fsp3) is 0.889. The smallest absolute Gasteiger partial charge is 0.135 e. The van der Waals surface area contributed by atoms with Crippen LogP contribution in [0.4, 0.5) is 0 Å². The minimum Gasteiger partial charge on any atom is -0.375 e. The number of nitrogens with one attached hydrogen (secondary N) is 1. The maximum atomic E-state index is 9.12. The summed E-state index contributed by atoms with van der Waals surface area (Å²) in [6, 6.07) is 2.28. The summed E-state index contributed by atoms with van der Waals surface area (Å²) in [6.07, 6.45) is 1.37. The SMILES string of the molecule is CC1OCCC1(C#N)NCCCN=[N+]=[N-]. The molecule has 82 valence electrons. The van der Waals surface area contributed by atoms with Crippen LogP contribution in [0.25, 0.3) is 10.4 Å². The van der Waals surface area contributed by atoms with E-state index in [2.05, 4.69) is 21.4 Å². The van der Waals surface area contributed by atoms with Crippen molar-refractivity contribution >= 4 is 0 Å². The Morgan fingerprint density at radius 1 is 1.80 bits per heavy atom. The standard InChI is InChI=1S/C9H15N5O/c1-8-9(7-10,3-6-15-8)12-4-2-5-13-14-11/h8,12H,2-6H2,1H3. The number of ether oxygens (including phenoxy) is 1. The van der Waals surface area contributed by atoms with Gasteiger partial charge in [0.1, 0.15) is 5.54 Å². The van der Waals surface area contributed by atoms with Gasteiger partial charge in [-0.15, -0.1) is 0 Å². The molecular formula is C9H15N5O. The van der Waals surface area contributed by atoms with Crippen molar-refractivity contribution in [3.8, 4) is 6.07 Å². The molecule has 2 unspecified atom stereocenters. The minimum absolute atomic E-state index is 0.0815. The van der Waals surface area contributed by atoms with Gasteiger partial charge in [-0.2, -0.15) is 5.26 Å². The maximum Gasteiger partial charge on any atom is 0.135 e. The normalized spacial score (nSPS) is 29.5. The summed E-state index contributed by atoms with van der Waals surface area (Å²) in [5.74, 6) is 0. The molecule has 1 rings (SSSR count). The highest BCUT2D eigenvalue weighted by Gasteiger charge is 2.41. The van der Waals surface area contributed by atoms with Crippen LogP contribution in [0.5, 0.6) is 0 Å². The molecule has 6 heteroatoms. The predicted molar refractivity (Wildman–Crippen MR) is 55.0 cm³/mol. The molecule has 1 aliphatic rings. The van der Waals surface area contributed by atoms with Crippen LogP contribution in [-0.4, -0.2) is 31.3 Å². The van der Waals surface area contributed by atoms with E-state index in [1.54, 1.807) is 0 Å². The van der Waals surface area contributed by atoms with E-state index in [-0.39, 0.29) is 6.10 Å². The number of azide groups is 1. The van der Waals surface area contributed by atoms with Crippen LogP contribution in [-0.2, 0) is 4.74 Å². The minimum atomic E-state index is -0.559. The van der Waals surface area contributed by atoms with Gasteiger partial charge in [0.25, 0.3) is 0 Å². The second kappa shape index (κ2) is 5.56. The van der Waals surface area contributed by atoms with Crippen molar-refractivity contribution in [2.24, 2.45) is 5.11 Å². The lowest BCUT2D eigenvalue weighted by Crippen LogP contribution is -2.49. The first-order valence-corrected chi connectivity index (χ1v) is 5.04. The van der Waals surface area contributed by atoms with Crippen LogP contribution in [0.15, 0.2) is 5.11 Å². The van der Waals surface area contributed by atoms with Crippen molar-refractivity contribution in [3.05, 3.63) is 10.4 Å². The monoisotopic (exact) mass is 209 g/mol. The summed E-state index contributed by atoms with van der Waals surface area (Å²) in [5.41, 5.74) is 7.52. The fourth-order valence-corrected chi connectivity index (χ4v) is 1.67. The van der Waals surface area contributed by atoms with E-state index < -0.39 is 5.54 Å². The van der Waals surface area contributed by atoms with Crippen LogP contribution in [0.3, 0.4) is 0 Å². The summed E-state index contributed by atoms with van der Waals surface area (Å²) in [6.45, 7) is 3.65. The molecule has 0 amide bonds. The first-order valence-electron chi connectivity index (χ1n) is 5.04. The quantitative estimate of drug-likeness (QED) is 0.320. The molecule has 1 N–H and O–H groups in total. The topological polar surface area (TPSA) is 93.8 Å². The summed E-state index contributed by atoms with van der Waals surface area (Å²) < 4.78 is 5.37. The van der Waals surface area contributed by atoms with Crippen molar-refractivity contribution in [2.45, 2.75) is 31.4 Å². The van der Waals surface area contributed by atoms with E-state index in [1.165, 1.54) is 0 Å². The van der Waals surface area contributed by atoms with Gasteiger partial charge in [-0.1, -0.05) is 5.11 Å². The van der Waals surface area contributed by atoms with Crippen LogP contribution < -0.4 is 5.32 Å². The lowest BCUT2D eigenvalue weighted by molar-refractivity contribution is 0.0988. The van der Waals surface area contributed by atoms with Crippen LogP contribution in [0.2, 0.25) is 0 Å². The van der Waals surface area contributed by atoms with Gasteiger partial charge in [0.15, 0.2) is 0 Å². The first kappa shape index (κ1) is 11.8. The predicted octanol–water partition coefficient (Wildman–Crippen LogP) is 1.35. The fourth-order valence-electron chi connectivity index (χ4n) is 1.67. The zero-order valence-electron chi connectivity index (χ0n) is 8.81. The molecule has 0 saturated carbocycles. The highest BCUT2D eigenvalue weighted by Crippen LogP contribution is 2.24. The lowest BCUT2D eigenvalue weighted by atomic mass is 9.94. The lowest BCUT2D eigenvalue weighted by Gasteiger charge is -2.25. The maximum absolute atomic E-state index is 9.12. The van der Waals surface area contributed by atoms with E-state index in [9.17, 15) is 0 Å². The first-order chi connectivity index (χ1) is 7.25. The zero-order chi connectivity index (χ0) is 11.1. The van der Waals surface area contributed by atoms with Crippen LogP contribution in [0.1, 0.15) is 19.8 Å². The summed E-state index contributed by atoms with van der Waals surface area (Å²) in [5, 5.41) is 15.7. The number of hydrogen-bond donors (Lipinski definition) is 1. The van der Waals surface area contributed by atoms with Gasteiger partial charge in [-0.25, -0.2) is 0 Å². The summed E-state index contributed by atoms with van der Waals surface area (Å²) >= 11 is 0. The Labute approximate surface area is 88.8 Å². The van der Waals surface area contributed by atoms with Crippen molar-refractivity contribution in [1.29, 1.82) is 5.26 Å². The molecular weight excluding hydrogens is 194 g/mol. The van der Waals surface area contributed by atoms with Gasteiger partial charge in [0.05, 0.1) is 12.2 Å². The van der Waals surface area contributed by atoms with Gasteiger partial charge in [-0.3, -0.25) is 5.32 Å². The Balaban J connectivity index is 2.35. The van der Waals surface area contributed by atoms with Crippen molar-refractivity contribution < 1.29 is 4.74 Å². The second-order valence-electron chi connectivity index (χ2n) is 3.58. The second-order valence-corrected chi connectivity index (χ2v) is 3.58. The number of nitriles is 1. The largest absolute Gasteiger partial charge is 0.375 e. The molecule has 15 heavy (non-hydrogen) atoms. The Morgan fingerprint density at radius 3 is 3.13 bits per heavy atom. The van der Waals surface area contributed by atoms with Gasteiger partial charge in [0.2, 0.25) is 0 Å². The van der Waals surface area contributed by atoms with Gasteiger partial charge < -0.3 is 4.74 Å². The van der Waals surface area contributed by atoms with Gasteiger partial charge in [-0.05, 0) is 25.4 Å². The summed E-state index contributed by atoms with van der Waals surface area (Å²) in [4.78, 5) is 2.66. The Kier molecular flexibility index (Phi) is 4.37.